The molecular formula is C23H22FN5O3. The van der Waals surface area contributed by atoms with Gasteiger partial charge in [0.05, 0.1) is 14.2 Å². The summed E-state index contributed by atoms with van der Waals surface area (Å²) in [6.07, 6.45) is 0.925. The van der Waals surface area contributed by atoms with Crippen LogP contribution < -0.4 is 20.5 Å². The molecule has 1 aliphatic carbocycles. The summed E-state index contributed by atoms with van der Waals surface area (Å²) in [6, 6.07) is 11.2. The van der Waals surface area contributed by atoms with Crippen molar-refractivity contribution in [2.45, 2.75) is 24.8 Å². The molecule has 164 valence electrons. The first-order chi connectivity index (χ1) is 15.5. The number of nitrogen functional groups attached to an aromatic ring is 1. The van der Waals surface area contributed by atoms with E-state index in [1.807, 2.05) is 18.2 Å². The van der Waals surface area contributed by atoms with Crippen molar-refractivity contribution in [3.05, 3.63) is 70.7 Å². The Hall–Kier alpha value is -3.88. The molecule has 0 unspecified atom stereocenters. The highest BCUT2D eigenvalue weighted by Gasteiger charge is 2.39. The number of hydrogen-bond donors (Lipinski definition) is 2. The fourth-order valence-electron chi connectivity index (χ4n) is 4.52. The molecule has 32 heavy (non-hydrogen) atoms. The van der Waals surface area contributed by atoms with Gasteiger partial charge in [-0.15, -0.1) is 5.10 Å². The van der Waals surface area contributed by atoms with E-state index in [9.17, 15) is 9.18 Å². The molecule has 3 aromatic rings. The van der Waals surface area contributed by atoms with Crippen molar-refractivity contribution in [1.29, 1.82) is 0 Å². The van der Waals surface area contributed by atoms with Crippen LogP contribution in [0.3, 0.4) is 0 Å². The maximum atomic E-state index is 13.6. The Balaban J connectivity index is 1.57. The number of allylic oxidation sites excluding steroid dienone is 2. The van der Waals surface area contributed by atoms with Gasteiger partial charge in [0, 0.05) is 17.7 Å². The van der Waals surface area contributed by atoms with Crippen LogP contribution >= 0.6 is 0 Å². The molecule has 0 radical (unpaired) electrons. The Morgan fingerprint density at radius 3 is 2.50 bits per heavy atom. The molecule has 0 saturated carbocycles. The summed E-state index contributed by atoms with van der Waals surface area (Å²) in [4.78, 5) is 17.7. The quantitative estimate of drug-likeness (QED) is 0.647. The third-order valence-electron chi connectivity index (χ3n) is 6.00. The Morgan fingerprint density at radius 2 is 1.78 bits per heavy atom. The summed E-state index contributed by atoms with van der Waals surface area (Å²) in [5, 5.41) is 7.54. The van der Waals surface area contributed by atoms with E-state index in [2.05, 4.69) is 15.4 Å². The summed E-state index contributed by atoms with van der Waals surface area (Å²) >= 11 is 0. The molecule has 2 atom stereocenters. The minimum atomic E-state index is -0.523. The standard InChI is InChI=1S/C23H22FN5O3/c1-31-18-8-5-13(11-19(18)32-2)14-9-16-20(17(30)10-14)21(12-3-6-15(24)7-4-12)29-23(26-16)27-22(25)28-29/h3-8,11,14,21H,9-10H2,1-2H3,(H3,25,26,27,28)/t14-,21+/m0/s1. The smallest absolute Gasteiger partial charge is 0.241 e. The second kappa shape index (κ2) is 7.67. The molecule has 1 aliphatic heterocycles. The number of carbonyl (C=O) groups excluding carboxylic acids is 1. The van der Waals surface area contributed by atoms with E-state index < -0.39 is 6.04 Å². The number of methoxy groups -OCH3 is 2. The van der Waals surface area contributed by atoms with E-state index in [-0.39, 0.29) is 23.5 Å². The molecule has 9 heteroatoms. The lowest BCUT2D eigenvalue weighted by molar-refractivity contribution is -0.116. The molecule has 0 bridgehead atoms. The van der Waals surface area contributed by atoms with Crippen LogP contribution in [-0.2, 0) is 4.79 Å². The van der Waals surface area contributed by atoms with E-state index >= 15 is 0 Å². The van der Waals surface area contributed by atoms with Gasteiger partial charge in [-0.1, -0.05) is 18.2 Å². The summed E-state index contributed by atoms with van der Waals surface area (Å²) < 4.78 is 25.9. The summed E-state index contributed by atoms with van der Waals surface area (Å²) in [7, 11) is 3.17. The first kappa shape index (κ1) is 20.0. The van der Waals surface area contributed by atoms with Crippen molar-refractivity contribution in [2.75, 3.05) is 25.3 Å². The predicted octanol–water partition coefficient (Wildman–Crippen LogP) is 3.43. The maximum Gasteiger partial charge on any atom is 0.241 e. The van der Waals surface area contributed by atoms with Crippen molar-refractivity contribution in [2.24, 2.45) is 0 Å². The van der Waals surface area contributed by atoms with Gasteiger partial charge in [-0.2, -0.15) is 4.98 Å². The fraction of sp³-hybridized carbons (Fsp3) is 0.261. The third-order valence-corrected chi connectivity index (χ3v) is 6.00. The maximum absolute atomic E-state index is 13.6. The lowest BCUT2D eigenvalue weighted by Crippen LogP contribution is -2.33. The minimum Gasteiger partial charge on any atom is -0.493 e. The molecule has 2 aromatic carbocycles. The van der Waals surface area contributed by atoms with Gasteiger partial charge in [0.15, 0.2) is 17.3 Å². The molecule has 0 saturated heterocycles. The van der Waals surface area contributed by atoms with Gasteiger partial charge in [-0.25, -0.2) is 9.07 Å². The molecule has 3 N–H and O–H groups in total. The van der Waals surface area contributed by atoms with Crippen LogP contribution in [0.5, 0.6) is 11.5 Å². The number of nitrogens with two attached hydrogens (primary N) is 1. The Morgan fingerprint density at radius 1 is 1.06 bits per heavy atom. The van der Waals surface area contributed by atoms with Gasteiger partial charge < -0.3 is 20.5 Å². The van der Waals surface area contributed by atoms with E-state index in [0.717, 1.165) is 16.8 Å². The third kappa shape index (κ3) is 3.26. The zero-order valence-electron chi connectivity index (χ0n) is 17.6. The molecule has 5 rings (SSSR count). The number of Topliss-reactive ketones (excluding diaryl/α,β-unsaturated/α-hetero) is 1. The zero-order chi connectivity index (χ0) is 22.4. The van der Waals surface area contributed by atoms with Crippen LogP contribution in [0.15, 0.2) is 53.7 Å². The number of ether oxygens (including phenoxy) is 2. The Bertz CT molecular complexity index is 1230. The first-order valence-electron chi connectivity index (χ1n) is 10.2. The SMILES string of the molecule is COc1ccc([C@@H]2CC(=O)C3=C(C2)Nc2nc(N)nn2[C@@H]3c2ccc(F)cc2)cc1OC. The van der Waals surface area contributed by atoms with Crippen LogP contribution in [-0.4, -0.2) is 34.8 Å². The monoisotopic (exact) mass is 435 g/mol. The van der Waals surface area contributed by atoms with Crippen LogP contribution in [0.4, 0.5) is 16.3 Å². The van der Waals surface area contributed by atoms with Gasteiger partial charge in [0.1, 0.15) is 11.9 Å². The highest BCUT2D eigenvalue weighted by atomic mass is 19.1. The van der Waals surface area contributed by atoms with Gasteiger partial charge in [0.25, 0.3) is 0 Å². The van der Waals surface area contributed by atoms with E-state index in [4.69, 9.17) is 15.2 Å². The number of fused-ring (bicyclic) bond motifs is 1. The van der Waals surface area contributed by atoms with E-state index in [1.54, 1.807) is 31.0 Å². The van der Waals surface area contributed by atoms with E-state index in [1.165, 1.54) is 12.1 Å². The summed E-state index contributed by atoms with van der Waals surface area (Å²) in [5.74, 6) is 1.40. The van der Waals surface area contributed by atoms with Crippen molar-refractivity contribution in [1.82, 2.24) is 14.8 Å². The second-order valence-corrected chi connectivity index (χ2v) is 7.85. The number of aromatic nitrogens is 3. The normalized spacial score (nSPS) is 19.8. The molecule has 0 spiro atoms. The van der Waals surface area contributed by atoms with Crippen LogP contribution in [0.25, 0.3) is 0 Å². The van der Waals surface area contributed by atoms with Crippen molar-refractivity contribution < 1.29 is 18.7 Å². The highest BCUT2D eigenvalue weighted by molar-refractivity contribution is 6.00. The van der Waals surface area contributed by atoms with Gasteiger partial charge >= 0.3 is 0 Å². The molecule has 1 aromatic heterocycles. The lowest BCUT2D eigenvalue weighted by Gasteiger charge is -2.35. The largest absolute Gasteiger partial charge is 0.493 e. The Labute approximate surface area is 183 Å². The van der Waals surface area contributed by atoms with Crippen LogP contribution in [0.1, 0.15) is 35.9 Å². The molecule has 2 heterocycles. The van der Waals surface area contributed by atoms with Crippen LogP contribution in [0, 0.1) is 5.82 Å². The number of hydrogen-bond acceptors (Lipinski definition) is 7. The fourth-order valence-corrected chi connectivity index (χ4v) is 4.52. The van der Waals surface area contributed by atoms with Gasteiger partial charge in [-0.05, 0) is 47.7 Å². The molecule has 8 nitrogen and oxygen atoms in total. The lowest BCUT2D eigenvalue weighted by atomic mass is 9.78. The molecule has 0 fully saturated rings. The van der Waals surface area contributed by atoms with Crippen LogP contribution in [0.2, 0.25) is 0 Å². The summed E-state index contributed by atoms with van der Waals surface area (Å²) in [5.41, 5.74) is 8.95. The molecular weight excluding hydrogens is 413 g/mol. The molecule has 2 aliphatic rings. The average Bonchev–Trinajstić information content (AvgIpc) is 3.17. The van der Waals surface area contributed by atoms with Crippen molar-refractivity contribution >= 4 is 17.7 Å². The first-order valence-corrected chi connectivity index (χ1v) is 10.2. The molecule has 0 amide bonds. The topological polar surface area (TPSA) is 104 Å². The zero-order valence-corrected chi connectivity index (χ0v) is 17.6. The highest BCUT2D eigenvalue weighted by Crippen LogP contribution is 2.45. The van der Waals surface area contributed by atoms with Gasteiger partial charge in [-0.3, -0.25) is 4.79 Å². The minimum absolute atomic E-state index is 0.00687. The predicted molar refractivity (Wildman–Crippen MR) is 116 cm³/mol. The number of rotatable bonds is 4. The number of anilines is 2. The van der Waals surface area contributed by atoms with Crippen molar-refractivity contribution in [3.63, 3.8) is 0 Å². The van der Waals surface area contributed by atoms with Crippen molar-refractivity contribution in [3.8, 4) is 11.5 Å². The number of benzene rings is 2. The second-order valence-electron chi connectivity index (χ2n) is 7.85. The van der Waals surface area contributed by atoms with E-state index in [0.29, 0.717) is 35.9 Å². The average molecular weight is 435 g/mol. The number of carbonyl (C=O) groups is 1. The van der Waals surface area contributed by atoms with Gasteiger partial charge in [0.2, 0.25) is 11.9 Å². The number of halogens is 1. The number of nitrogens with one attached hydrogen (secondary N) is 1. The summed E-state index contributed by atoms with van der Waals surface area (Å²) in [6.45, 7) is 0. The number of ketones is 1. The number of nitrogens with zero attached hydrogens (tertiary/aromatic N) is 3. The Kier molecular flexibility index (Phi) is 4.80.